The lowest BCUT2D eigenvalue weighted by Gasteiger charge is -2.07. The number of hydrogen-bond donors (Lipinski definition) is 0. The van der Waals surface area contributed by atoms with Gasteiger partial charge in [-0.25, -0.2) is 8.78 Å². The Balaban J connectivity index is 2.51. The number of hydrogen-bond acceptors (Lipinski definition) is 3. The minimum absolute atomic E-state index is 0.0699. The van der Waals surface area contributed by atoms with E-state index in [-0.39, 0.29) is 12.1 Å². The zero-order chi connectivity index (χ0) is 14.9. The molecule has 8 heteroatoms. The first-order valence-corrected chi connectivity index (χ1v) is 6.16. The lowest BCUT2D eigenvalue weighted by atomic mass is 10.2. The second-order valence-electron chi connectivity index (χ2n) is 3.97. The van der Waals surface area contributed by atoms with Gasteiger partial charge in [-0.05, 0) is 34.1 Å². The lowest BCUT2D eigenvalue weighted by molar-refractivity contribution is -0.386. The maximum Gasteiger partial charge on any atom is 0.335 e. The molecule has 2 aromatic rings. The predicted octanol–water partition coefficient (Wildman–Crippen LogP) is 2.85. The standard InChI is InChI=1S/C12H7BrF2N2O3/c13-8-4-11(17(19)20)12(18)16(6-8)5-7-3-9(14)1-2-10(7)15/h1-4,6H,5H2. The van der Waals surface area contributed by atoms with Gasteiger partial charge in [0.15, 0.2) is 0 Å². The van der Waals surface area contributed by atoms with Gasteiger partial charge in [-0.1, -0.05) is 0 Å². The van der Waals surface area contributed by atoms with Gasteiger partial charge in [-0.3, -0.25) is 14.9 Å². The molecule has 0 saturated carbocycles. The van der Waals surface area contributed by atoms with Gasteiger partial charge in [-0.15, -0.1) is 0 Å². The smallest absolute Gasteiger partial charge is 0.304 e. The van der Waals surface area contributed by atoms with E-state index in [0.717, 1.165) is 28.8 Å². The molecule has 1 aromatic carbocycles. The summed E-state index contributed by atoms with van der Waals surface area (Å²) in [5.74, 6) is -1.35. The van der Waals surface area contributed by atoms with Crippen molar-refractivity contribution in [1.82, 2.24) is 4.57 Å². The second kappa shape index (κ2) is 5.49. The van der Waals surface area contributed by atoms with E-state index in [4.69, 9.17) is 0 Å². The minimum Gasteiger partial charge on any atom is -0.304 e. The molecule has 0 radical (unpaired) electrons. The van der Waals surface area contributed by atoms with Crippen LogP contribution in [0.15, 0.2) is 39.7 Å². The number of nitro groups is 1. The molecule has 5 nitrogen and oxygen atoms in total. The number of benzene rings is 1. The summed E-state index contributed by atoms with van der Waals surface area (Å²) in [6.07, 6.45) is 1.28. The molecule has 0 amide bonds. The van der Waals surface area contributed by atoms with Crippen molar-refractivity contribution >= 4 is 21.6 Å². The first-order valence-electron chi connectivity index (χ1n) is 5.37. The van der Waals surface area contributed by atoms with E-state index < -0.39 is 27.8 Å². The Kier molecular flexibility index (Phi) is 3.93. The van der Waals surface area contributed by atoms with Gasteiger partial charge < -0.3 is 4.57 Å². The van der Waals surface area contributed by atoms with Gasteiger partial charge in [0.05, 0.1) is 11.5 Å². The van der Waals surface area contributed by atoms with Gasteiger partial charge >= 0.3 is 11.2 Å². The SMILES string of the molecule is O=c1c([N+](=O)[O-])cc(Br)cn1Cc1cc(F)ccc1F. The predicted molar refractivity (Wildman–Crippen MR) is 70.5 cm³/mol. The first-order chi connectivity index (χ1) is 9.38. The fraction of sp³-hybridized carbons (Fsp3) is 0.0833. The van der Waals surface area contributed by atoms with Gasteiger partial charge in [0, 0.05) is 22.3 Å². The molecule has 1 aromatic heterocycles. The van der Waals surface area contributed by atoms with Crippen LogP contribution in [0.2, 0.25) is 0 Å². The third-order valence-corrected chi connectivity index (χ3v) is 3.01. The zero-order valence-corrected chi connectivity index (χ0v) is 11.4. The quantitative estimate of drug-likeness (QED) is 0.635. The van der Waals surface area contributed by atoms with Gasteiger partial charge in [0.25, 0.3) is 0 Å². The molecular formula is C12H7BrF2N2O3. The second-order valence-corrected chi connectivity index (χ2v) is 4.89. The van der Waals surface area contributed by atoms with Crippen LogP contribution in [0.25, 0.3) is 0 Å². The van der Waals surface area contributed by atoms with Gasteiger partial charge in [-0.2, -0.15) is 0 Å². The van der Waals surface area contributed by atoms with Crippen LogP contribution in [0, 0.1) is 21.7 Å². The molecule has 0 unspecified atom stereocenters. The van der Waals surface area contributed by atoms with Crippen molar-refractivity contribution in [3.8, 4) is 0 Å². The van der Waals surface area contributed by atoms with E-state index >= 15 is 0 Å². The summed E-state index contributed by atoms with van der Waals surface area (Å²) < 4.78 is 27.8. The summed E-state index contributed by atoms with van der Waals surface area (Å²) in [5, 5.41) is 10.7. The summed E-state index contributed by atoms with van der Waals surface area (Å²) in [6.45, 7) is -0.303. The molecule has 104 valence electrons. The number of pyridine rings is 1. The normalized spacial score (nSPS) is 10.6. The van der Waals surface area contributed by atoms with E-state index in [1.165, 1.54) is 6.20 Å². The lowest BCUT2D eigenvalue weighted by Crippen LogP contribution is -2.23. The molecule has 0 N–H and O–H groups in total. The Labute approximate surface area is 119 Å². The summed E-state index contributed by atoms with van der Waals surface area (Å²) in [5.41, 5.74) is -1.60. The third kappa shape index (κ3) is 2.90. The van der Waals surface area contributed by atoms with Crippen LogP contribution in [-0.4, -0.2) is 9.49 Å². The number of aromatic nitrogens is 1. The van der Waals surface area contributed by atoms with Crippen molar-refractivity contribution in [2.24, 2.45) is 0 Å². The molecule has 1 heterocycles. The summed E-state index contributed by atoms with van der Waals surface area (Å²) in [7, 11) is 0. The topological polar surface area (TPSA) is 65.1 Å². The molecule has 0 bridgehead atoms. The third-order valence-electron chi connectivity index (χ3n) is 2.58. The molecular weight excluding hydrogens is 338 g/mol. The molecule has 0 atom stereocenters. The molecule has 0 spiro atoms. The number of nitrogens with zero attached hydrogens (tertiary/aromatic N) is 2. The van der Waals surface area contributed by atoms with E-state index in [9.17, 15) is 23.7 Å². The highest BCUT2D eigenvalue weighted by Gasteiger charge is 2.17. The van der Waals surface area contributed by atoms with Crippen LogP contribution < -0.4 is 5.56 Å². The van der Waals surface area contributed by atoms with Crippen LogP contribution in [0.4, 0.5) is 14.5 Å². The number of rotatable bonds is 3. The van der Waals surface area contributed by atoms with Crippen molar-refractivity contribution < 1.29 is 13.7 Å². The highest BCUT2D eigenvalue weighted by atomic mass is 79.9. The van der Waals surface area contributed by atoms with E-state index in [1.54, 1.807) is 0 Å². The molecule has 0 aliphatic heterocycles. The van der Waals surface area contributed by atoms with Gasteiger partial charge in [0.2, 0.25) is 0 Å². The van der Waals surface area contributed by atoms with Crippen LogP contribution in [-0.2, 0) is 6.54 Å². The van der Waals surface area contributed by atoms with E-state index in [2.05, 4.69) is 15.9 Å². The average Bonchev–Trinajstić information content (AvgIpc) is 2.37. The Bertz CT molecular complexity index is 746. The molecule has 20 heavy (non-hydrogen) atoms. The van der Waals surface area contributed by atoms with Crippen molar-refractivity contribution in [2.45, 2.75) is 6.54 Å². The first kappa shape index (κ1) is 14.3. The average molecular weight is 345 g/mol. The fourth-order valence-electron chi connectivity index (χ4n) is 1.68. The van der Waals surface area contributed by atoms with Crippen molar-refractivity contribution in [2.75, 3.05) is 0 Å². The Hall–Kier alpha value is -2.09. The van der Waals surface area contributed by atoms with Crippen LogP contribution in [0.3, 0.4) is 0 Å². The largest absolute Gasteiger partial charge is 0.335 e. The van der Waals surface area contributed by atoms with Crippen LogP contribution in [0.5, 0.6) is 0 Å². The summed E-state index contributed by atoms with van der Waals surface area (Å²) >= 11 is 3.03. The molecule has 2 rings (SSSR count). The van der Waals surface area contributed by atoms with Crippen LogP contribution in [0.1, 0.15) is 5.56 Å². The highest BCUT2D eigenvalue weighted by Crippen LogP contribution is 2.16. The monoisotopic (exact) mass is 344 g/mol. The highest BCUT2D eigenvalue weighted by molar-refractivity contribution is 9.10. The molecule has 0 saturated heterocycles. The van der Waals surface area contributed by atoms with Crippen molar-refractivity contribution in [3.63, 3.8) is 0 Å². The maximum absolute atomic E-state index is 13.5. The van der Waals surface area contributed by atoms with E-state index in [0.29, 0.717) is 4.47 Å². The Morgan fingerprint density at radius 3 is 2.65 bits per heavy atom. The number of halogens is 3. The molecule has 0 aliphatic carbocycles. The van der Waals surface area contributed by atoms with Crippen molar-refractivity contribution in [1.29, 1.82) is 0 Å². The molecule has 0 aliphatic rings. The fourth-order valence-corrected chi connectivity index (χ4v) is 2.14. The summed E-state index contributed by atoms with van der Waals surface area (Å²) in [6, 6.07) is 3.88. The van der Waals surface area contributed by atoms with Crippen LogP contribution >= 0.6 is 15.9 Å². The van der Waals surface area contributed by atoms with E-state index in [1.807, 2.05) is 0 Å². The molecule has 0 fully saturated rings. The summed E-state index contributed by atoms with van der Waals surface area (Å²) in [4.78, 5) is 21.8. The Morgan fingerprint density at radius 1 is 1.30 bits per heavy atom. The maximum atomic E-state index is 13.5. The van der Waals surface area contributed by atoms with Gasteiger partial charge in [0.1, 0.15) is 11.6 Å². The van der Waals surface area contributed by atoms with Crippen molar-refractivity contribution in [3.05, 3.63) is 72.6 Å². The Morgan fingerprint density at radius 2 is 2.00 bits per heavy atom. The minimum atomic E-state index is -0.887. The zero-order valence-electron chi connectivity index (χ0n) is 9.85.